The number of aromatic amines is 1. The molecule has 1 aliphatic heterocycles. The zero-order valence-electron chi connectivity index (χ0n) is 9.38. The Hall–Kier alpha value is -1.89. The lowest BCUT2D eigenvalue weighted by molar-refractivity contribution is -0.154. The molecule has 7 heteroatoms. The van der Waals surface area contributed by atoms with Gasteiger partial charge in [0.2, 0.25) is 0 Å². The lowest BCUT2D eigenvalue weighted by Crippen LogP contribution is -2.48. The third-order valence-corrected chi connectivity index (χ3v) is 2.52. The zero-order valence-corrected chi connectivity index (χ0v) is 9.38. The maximum atomic E-state index is 11.5. The number of anilines is 1. The molecule has 17 heavy (non-hydrogen) atoms. The molecule has 1 fully saturated rings. The van der Waals surface area contributed by atoms with Crippen molar-refractivity contribution in [2.24, 2.45) is 0 Å². The molecule has 1 atom stereocenters. The fourth-order valence-electron chi connectivity index (χ4n) is 1.68. The van der Waals surface area contributed by atoms with E-state index >= 15 is 0 Å². The lowest BCUT2D eigenvalue weighted by Gasteiger charge is -2.31. The fraction of sp³-hybridized carbons (Fsp3) is 0.500. The first-order valence-electron chi connectivity index (χ1n) is 5.20. The molecule has 1 aliphatic rings. The number of hydrogen-bond acceptors (Lipinski definition) is 6. The number of carbonyl (C=O) groups excluding carboxylic acids is 1. The van der Waals surface area contributed by atoms with E-state index in [1.165, 1.54) is 19.5 Å². The van der Waals surface area contributed by atoms with E-state index in [9.17, 15) is 9.59 Å². The summed E-state index contributed by atoms with van der Waals surface area (Å²) in [6.45, 7) is 1.15. The number of ether oxygens (including phenoxy) is 2. The van der Waals surface area contributed by atoms with Gasteiger partial charge >= 0.3 is 5.97 Å². The zero-order chi connectivity index (χ0) is 12.3. The molecule has 0 radical (unpaired) electrons. The Labute approximate surface area is 97.4 Å². The van der Waals surface area contributed by atoms with Crippen LogP contribution in [-0.2, 0) is 14.3 Å². The molecule has 0 spiro atoms. The summed E-state index contributed by atoms with van der Waals surface area (Å²) in [4.78, 5) is 31.1. The van der Waals surface area contributed by atoms with Gasteiger partial charge in [0.25, 0.3) is 5.56 Å². The number of carbonyl (C=O) groups is 1. The standard InChI is InChI=1S/C10H13N3O4/c1-16-10(15)7-6-13(4-5-17-7)8-9(14)12-3-2-11-8/h2-3,7H,4-6H2,1H3,(H,12,14). The number of H-pyrrole nitrogens is 1. The maximum Gasteiger partial charge on any atom is 0.336 e. The number of esters is 1. The molecule has 1 unspecified atom stereocenters. The van der Waals surface area contributed by atoms with E-state index in [-0.39, 0.29) is 12.1 Å². The van der Waals surface area contributed by atoms with Crippen molar-refractivity contribution in [2.75, 3.05) is 31.7 Å². The number of hydrogen-bond donors (Lipinski definition) is 1. The highest BCUT2D eigenvalue weighted by Crippen LogP contribution is 2.11. The highest BCUT2D eigenvalue weighted by atomic mass is 16.6. The predicted molar refractivity (Wildman–Crippen MR) is 58.8 cm³/mol. The summed E-state index contributed by atoms with van der Waals surface area (Å²) in [5.41, 5.74) is -0.280. The van der Waals surface area contributed by atoms with Crippen molar-refractivity contribution in [1.82, 2.24) is 9.97 Å². The van der Waals surface area contributed by atoms with Gasteiger partial charge in [0.15, 0.2) is 11.9 Å². The summed E-state index contributed by atoms with van der Waals surface area (Å²) < 4.78 is 9.87. The van der Waals surface area contributed by atoms with Gasteiger partial charge in [0, 0.05) is 18.9 Å². The lowest BCUT2D eigenvalue weighted by atomic mass is 10.2. The van der Waals surface area contributed by atoms with Gasteiger partial charge in [0.05, 0.1) is 20.3 Å². The van der Waals surface area contributed by atoms with Crippen molar-refractivity contribution in [2.45, 2.75) is 6.10 Å². The molecule has 0 aromatic carbocycles. The van der Waals surface area contributed by atoms with Gasteiger partial charge in [-0.25, -0.2) is 9.78 Å². The molecule has 7 nitrogen and oxygen atoms in total. The Morgan fingerprint density at radius 2 is 2.53 bits per heavy atom. The molecule has 0 saturated carbocycles. The minimum Gasteiger partial charge on any atom is -0.467 e. The predicted octanol–water partition coefficient (Wildman–Crippen LogP) is -0.852. The second-order valence-electron chi connectivity index (χ2n) is 3.57. The maximum absolute atomic E-state index is 11.5. The van der Waals surface area contributed by atoms with Gasteiger partial charge in [-0.2, -0.15) is 0 Å². The van der Waals surface area contributed by atoms with Crippen LogP contribution >= 0.6 is 0 Å². The second kappa shape index (κ2) is 4.96. The average molecular weight is 239 g/mol. The van der Waals surface area contributed by atoms with Crippen molar-refractivity contribution in [3.8, 4) is 0 Å². The van der Waals surface area contributed by atoms with Crippen LogP contribution in [0.3, 0.4) is 0 Å². The van der Waals surface area contributed by atoms with Crippen LogP contribution < -0.4 is 10.5 Å². The van der Waals surface area contributed by atoms with Crippen molar-refractivity contribution < 1.29 is 14.3 Å². The molecular weight excluding hydrogens is 226 g/mol. The Morgan fingerprint density at radius 3 is 3.24 bits per heavy atom. The molecule has 1 saturated heterocycles. The molecule has 1 aromatic heterocycles. The van der Waals surface area contributed by atoms with E-state index in [1.54, 1.807) is 4.90 Å². The van der Waals surface area contributed by atoms with Crippen LogP contribution in [0.25, 0.3) is 0 Å². The summed E-state index contributed by atoms with van der Waals surface area (Å²) in [7, 11) is 1.30. The van der Waals surface area contributed by atoms with E-state index in [4.69, 9.17) is 4.74 Å². The first-order valence-corrected chi connectivity index (χ1v) is 5.20. The molecular formula is C10H13N3O4. The summed E-state index contributed by atoms with van der Waals surface area (Å²) in [5, 5.41) is 0. The van der Waals surface area contributed by atoms with Crippen LogP contribution in [0.1, 0.15) is 0 Å². The normalized spacial score (nSPS) is 20.1. The molecule has 0 bridgehead atoms. The highest BCUT2D eigenvalue weighted by Gasteiger charge is 2.28. The van der Waals surface area contributed by atoms with Crippen molar-refractivity contribution in [1.29, 1.82) is 0 Å². The fourth-order valence-corrected chi connectivity index (χ4v) is 1.68. The topological polar surface area (TPSA) is 84.5 Å². The number of nitrogens with zero attached hydrogens (tertiary/aromatic N) is 2. The van der Waals surface area contributed by atoms with E-state index in [0.29, 0.717) is 19.0 Å². The molecule has 1 aromatic rings. The quantitative estimate of drug-likeness (QED) is 0.676. The number of methoxy groups -OCH3 is 1. The van der Waals surface area contributed by atoms with E-state index in [2.05, 4.69) is 14.7 Å². The number of nitrogens with one attached hydrogen (secondary N) is 1. The van der Waals surface area contributed by atoms with Gasteiger partial charge in [-0.1, -0.05) is 0 Å². The molecule has 0 aliphatic carbocycles. The minimum absolute atomic E-state index is 0.271. The summed E-state index contributed by atoms with van der Waals surface area (Å²) in [5.74, 6) is -0.147. The van der Waals surface area contributed by atoms with Crippen molar-refractivity contribution in [3.05, 3.63) is 22.7 Å². The highest BCUT2D eigenvalue weighted by molar-refractivity contribution is 5.75. The Morgan fingerprint density at radius 1 is 1.71 bits per heavy atom. The second-order valence-corrected chi connectivity index (χ2v) is 3.57. The molecule has 2 rings (SSSR count). The summed E-state index contributed by atoms with van der Waals surface area (Å²) >= 11 is 0. The minimum atomic E-state index is -0.671. The van der Waals surface area contributed by atoms with Crippen LogP contribution in [0.4, 0.5) is 5.82 Å². The van der Waals surface area contributed by atoms with Crippen LogP contribution in [0.5, 0.6) is 0 Å². The SMILES string of the molecule is COC(=O)C1CN(c2ncc[nH]c2=O)CCO1. The Kier molecular flexibility index (Phi) is 3.38. The first-order chi connectivity index (χ1) is 8.22. The molecule has 0 amide bonds. The van der Waals surface area contributed by atoms with Gasteiger partial charge in [-0.3, -0.25) is 4.79 Å². The van der Waals surface area contributed by atoms with Gasteiger partial charge < -0.3 is 19.4 Å². The van der Waals surface area contributed by atoms with Gasteiger partial charge in [-0.05, 0) is 0 Å². The monoisotopic (exact) mass is 239 g/mol. The molecule has 2 heterocycles. The van der Waals surface area contributed by atoms with Crippen LogP contribution in [-0.4, -0.2) is 48.8 Å². The van der Waals surface area contributed by atoms with Crippen LogP contribution in [0.15, 0.2) is 17.2 Å². The van der Waals surface area contributed by atoms with Crippen LogP contribution in [0, 0.1) is 0 Å². The Balaban J connectivity index is 2.15. The first kappa shape index (κ1) is 11.6. The van der Waals surface area contributed by atoms with E-state index in [1.807, 2.05) is 0 Å². The van der Waals surface area contributed by atoms with Gasteiger partial charge in [0.1, 0.15) is 0 Å². The Bertz CT molecular complexity index is 459. The van der Waals surface area contributed by atoms with Crippen molar-refractivity contribution >= 4 is 11.8 Å². The third-order valence-electron chi connectivity index (χ3n) is 2.52. The number of rotatable bonds is 2. The molecule has 1 N–H and O–H groups in total. The van der Waals surface area contributed by atoms with E-state index in [0.717, 1.165) is 0 Å². The summed E-state index contributed by atoms with van der Waals surface area (Å²) in [6, 6.07) is 0. The number of aromatic nitrogens is 2. The van der Waals surface area contributed by atoms with E-state index < -0.39 is 12.1 Å². The van der Waals surface area contributed by atoms with Gasteiger partial charge in [-0.15, -0.1) is 0 Å². The molecule has 92 valence electrons. The third kappa shape index (κ3) is 2.44. The smallest absolute Gasteiger partial charge is 0.336 e. The van der Waals surface area contributed by atoms with Crippen molar-refractivity contribution in [3.63, 3.8) is 0 Å². The largest absolute Gasteiger partial charge is 0.467 e. The average Bonchev–Trinajstić information content (AvgIpc) is 2.38. The summed E-state index contributed by atoms with van der Waals surface area (Å²) in [6.07, 6.45) is 2.29. The number of morpholine rings is 1. The van der Waals surface area contributed by atoms with Crippen LogP contribution in [0.2, 0.25) is 0 Å².